The molecule has 1 saturated heterocycles. The predicted molar refractivity (Wildman–Crippen MR) is 88.3 cm³/mol. The van der Waals surface area contributed by atoms with Gasteiger partial charge in [0.2, 0.25) is 0 Å². The first kappa shape index (κ1) is 17.7. The van der Waals surface area contributed by atoms with Gasteiger partial charge in [-0.25, -0.2) is 4.79 Å². The van der Waals surface area contributed by atoms with Crippen LogP contribution >= 0.6 is 0 Å². The van der Waals surface area contributed by atoms with Gasteiger partial charge in [-0.2, -0.15) is 5.10 Å². The van der Waals surface area contributed by atoms with Gasteiger partial charge in [-0.05, 0) is 40.0 Å². The van der Waals surface area contributed by atoms with Crippen LogP contribution in [0.1, 0.15) is 39.7 Å². The second-order valence-electron chi connectivity index (χ2n) is 7.06. The molecule has 0 bridgehead atoms. The van der Waals surface area contributed by atoms with Crippen LogP contribution in [-0.4, -0.2) is 40.7 Å². The van der Waals surface area contributed by atoms with Crippen LogP contribution in [0.15, 0.2) is 6.20 Å². The predicted octanol–water partition coefficient (Wildman–Crippen LogP) is 2.28. The number of hydrogen-bond acceptors (Lipinski definition) is 5. The zero-order chi connectivity index (χ0) is 17.0. The third-order valence-electron chi connectivity index (χ3n) is 3.92. The van der Waals surface area contributed by atoms with E-state index >= 15 is 0 Å². The molecule has 2 atom stereocenters. The Morgan fingerprint density at radius 1 is 1.57 bits per heavy atom. The zero-order valence-electron chi connectivity index (χ0n) is 14.7. The van der Waals surface area contributed by atoms with E-state index in [2.05, 4.69) is 22.7 Å². The highest BCUT2D eigenvalue weighted by molar-refractivity contribution is 5.84. The fourth-order valence-corrected chi connectivity index (χ4v) is 2.56. The Kier molecular flexibility index (Phi) is 5.64. The van der Waals surface area contributed by atoms with Gasteiger partial charge in [-0.15, -0.1) is 0 Å². The summed E-state index contributed by atoms with van der Waals surface area (Å²) in [4.78, 5) is 12.0. The van der Waals surface area contributed by atoms with Crippen LogP contribution in [-0.2, 0) is 23.1 Å². The molecular weight excluding hydrogens is 296 g/mol. The molecule has 2 unspecified atom stereocenters. The molecule has 7 heteroatoms. The minimum Gasteiger partial charge on any atom is -0.444 e. The smallest absolute Gasteiger partial charge is 0.413 e. The lowest BCUT2D eigenvalue weighted by atomic mass is 10.0. The van der Waals surface area contributed by atoms with E-state index in [4.69, 9.17) is 9.47 Å². The number of hydrogen-bond donors (Lipinski definition) is 2. The molecule has 1 aromatic rings. The summed E-state index contributed by atoms with van der Waals surface area (Å²) < 4.78 is 12.4. The molecule has 2 rings (SSSR count). The molecule has 0 aromatic carbocycles. The molecule has 1 aliphatic rings. The summed E-state index contributed by atoms with van der Waals surface area (Å²) >= 11 is 0. The number of nitrogens with zero attached hydrogens (tertiary/aromatic N) is 2. The van der Waals surface area contributed by atoms with E-state index in [-0.39, 0.29) is 0 Å². The van der Waals surface area contributed by atoms with Crippen molar-refractivity contribution >= 4 is 11.9 Å². The lowest BCUT2D eigenvalue weighted by Gasteiger charge is -2.21. The first-order valence-corrected chi connectivity index (χ1v) is 8.08. The number of rotatable bonds is 5. The SMILES string of the molecule is CC(NCc1cnn(C)c1NC(=O)OC(C)(C)C)C1CCOC1. The number of aromatic nitrogens is 2. The van der Waals surface area contributed by atoms with Crippen LogP contribution in [0.25, 0.3) is 0 Å². The minimum absolute atomic E-state index is 0.354. The molecule has 0 radical (unpaired) electrons. The van der Waals surface area contributed by atoms with E-state index < -0.39 is 11.7 Å². The Labute approximate surface area is 137 Å². The maximum absolute atomic E-state index is 12.0. The summed E-state index contributed by atoms with van der Waals surface area (Å²) in [7, 11) is 1.80. The van der Waals surface area contributed by atoms with Crippen molar-refractivity contribution in [1.82, 2.24) is 15.1 Å². The molecular formula is C16H28N4O3. The number of amides is 1. The summed E-state index contributed by atoms with van der Waals surface area (Å²) in [6.07, 6.45) is 2.38. The van der Waals surface area contributed by atoms with Gasteiger partial charge < -0.3 is 14.8 Å². The lowest BCUT2D eigenvalue weighted by molar-refractivity contribution is 0.0634. The molecule has 0 aliphatic carbocycles. The largest absolute Gasteiger partial charge is 0.444 e. The molecule has 1 fully saturated rings. The summed E-state index contributed by atoms with van der Waals surface area (Å²) in [5.74, 6) is 1.19. The quantitative estimate of drug-likeness (QED) is 0.869. The van der Waals surface area contributed by atoms with Crippen molar-refractivity contribution in [3.63, 3.8) is 0 Å². The summed E-state index contributed by atoms with van der Waals surface area (Å²) in [5.41, 5.74) is 0.405. The third-order valence-corrected chi connectivity index (χ3v) is 3.92. The Bertz CT molecular complexity index is 530. The summed E-state index contributed by atoms with van der Waals surface area (Å²) in [6.45, 7) is 9.96. The van der Waals surface area contributed by atoms with Crippen LogP contribution in [0, 0.1) is 5.92 Å². The Morgan fingerprint density at radius 3 is 2.91 bits per heavy atom. The second-order valence-corrected chi connectivity index (χ2v) is 7.06. The molecule has 7 nitrogen and oxygen atoms in total. The van der Waals surface area contributed by atoms with Gasteiger partial charge in [-0.3, -0.25) is 10.00 Å². The average molecular weight is 324 g/mol. The van der Waals surface area contributed by atoms with E-state index in [0.29, 0.717) is 24.3 Å². The van der Waals surface area contributed by atoms with Gasteiger partial charge >= 0.3 is 6.09 Å². The van der Waals surface area contributed by atoms with E-state index in [1.807, 2.05) is 20.8 Å². The van der Waals surface area contributed by atoms with Crippen molar-refractivity contribution in [2.45, 2.75) is 52.3 Å². The van der Waals surface area contributed by atoms with E-state index in [1.165, 1.54) is 0 Å². The number of ether oxygens (including phenoxy) is 2. The topological polar surface area (TPSA) is 77.4 Å². The fraction of sp³-hybridized carbons (Fsp3) is 0.750. The fourth-order valence-electron chi connectivity index (χ4n) is 2.56. The van der Waals surface area contributed by atoms with Gasteiger partial charge in [0.15, 0.2) is 0 Å². The van der Waals surface area contributed by atoms with Gasteiger partial charge in [0.25, 0.3) is 0 Å². The van der Waals surface area contributed by atoms with Crippen LogP contribution in [0.2, 0.25) is 0 Å². The number of carbonyl (C=O) groups excluding carboxylic acids is 1. The molecule has 23 heavy (non-hydrogen) atoms. The van der Waals surface area contributed by atoms with Crippen LogP contribution in [0.5, 0.6) is 0 Å². The zero-order valence-corrected chi connectivity index (χ0v) is 14.7. The number of anilines is 1. The van der Waals surface area contributed by atoms with Crippen molar-refractivity contribution in [1.29, 1.82) is 0 Å². The molecule has 2 heterocycles. The van der Waals surface area contributed by atoms with Crippen molar-refractivity contribution in [2.24, 2.45) is 13.0 Å². The van der Waals surface area contributed by atoms with Crippen molar-refractivity contribution in [3.8, 4) is 0 Å². The van der Waals surface area contributed by atoms with Gasteiger partial charge in [-0.1, -0.05) is 0 Å². The van der Waals surface area contributed by atoms with E-state index in [0.717, 1.165) is 25.2 Å². The first-order valence-electron chi connectivity index (χ1n) is 8.08. The summed E-state index contributed by atoms with van der Waals surface area (Å²) in [5, 5.41) is 10.5. The molecule has 130 valence electrons. The maximum atomic E-state index is 12.0. The molecule has 0 spiro atoms. The Balaban J connectivity index is 1.93. The number of aryl methyl sites for hydroxylation is 1. The normalized spacial score (nSPS) is 19.6. The highest BCUT2D eigenvalue weighted by atomic mass is 16.6. The highest BCUT2D eigenvalue weighted by Gasteiger charge is 2.23. The third kappa shape index (κ3) is 5.21. The Hall–Kier alpha value is -1.60. The van der Waals surface area contributed by atoms with Crippen molar-refractivity contribution < 1.29 is 14.3 Å². The number of nitrogens with one attached hydrogen (secondary N) is 2. The van der Waals surface area contributed by atoms with Crippen LogP contribution in [0.4, 0.5) is 10.6 Å². The first-order chi connectivity index (χ1) is 10.8. The van der Waals surface area contributed by atoms with Crippen molar-refractivity contribution in [3.05, 3.63) is 11.8 Å². The van der Waals surface area contributed by atoms with E-state index in [9.17, 15) is 4.79 Å². The van der Waals surface area contributed by atoms with E-state index in [1.54, 1.807) is 17.9 Å². The lowest BCUT2D eigenvalue weighted by Crippen LogP contribution is -2.33. The Morgan fingerprint density at radius 2 is 2.30 bits per heavy atom. The van der Waals surface area contributed by atoms with Gasteiger partial charge in [0, 0.05) is 31.8 Å². The average Bonchev–Trinajstić information content (AvgIpc) is 3.06. The molecule has 1 amide bonds. The molecule has 2 N–H and O–H groups in total. The molecule has 1 aliphatic heterocycles. The molecule has 0 saturated carbocycles. The standard InChI is InChI=1S/C16H28N4O3/c1-11(12-6-7-22-10-12)17-8-13-9-18-20(5)14(13)19-15(21)23-16(2,3)4/h9,11-12,17H,6-8,10H2,1-5H3,(H,19,21). The van der Waals surface area contributed by atoms with Crippen LogP contribution in [0.3, 0.4) is 0 Å². The minimum atomic E-state index is -0.530. The highest BCUT2D eigenvalue weighted by Crippen LogP contribution is 2.19. The van der Waals surface area contributed by atoms with Crippen LogP contribution < -0.4 is 10.6 Å². The van der Waals surface area contributed by atoms with Gasteiger partial charge in [0.05, 0.1) is 12.8 Å². The maximum Gasteiger partial charge on any atom is 0.413 e. The summed E-state index contributed by atoms with van der Waals surface area (Å²) in [6, 6.07) is 0.354. The van der Waals surface area contributed by atoms with Crippen molar-refractivity contribution in [2.75, 3.05) is 18.5 Å². The molecule has 1 aromatic heterocycles. The second kappa shape index (κ2) is 7.31. The number of carbonyl (C=O) groups is 1. The van der Waals surface area contributed by atoms with Gasteiger partial charge in [0.1, 0.15) is 11.4 Å². The monoisotopic (exact) mass is 324 g/mol.